The number of thiazole rings is 1. The maximum Gasteiger partial charge on any atom is 0.416 e. The van der Waals surface area contributed by atoms with Gasteiger partial charge in [-0.1, -0.05) is 0 Å². The second-order valence-corrected chi connectivity index (χ2v) is 5.85. The lowest BCUT2D eigenvalue weighted by molar-refractivity contribution is -0.137. The molecular formula is C15H12F3N3OS. The van der Waals surface area contributed by atoms with Crippen LogP contribution >= 0.6 is 11.3 Å². The van der Waals surface area contributed by atoms with Crippen LogP contribution in [0, 0.1) is 0 Å². The van der Waals surface area contributed by atoms with Crippen LogP contribution in [0.2, 0.25) is 0 Å². The van der Waals surface area contributed by atoms with Gasteiger partial charge in [0.1, 0.15) is 0 Å². The zero-order chi connectivity index (χ0) is 16.8. The molecule has 0 aliphatic carbocycles. The second-order valence-electron chi connectivity index (χ2n) is 4.96. The van der Waals surface area contributed by atoms with Crippen molar-refractivity contribution in [3.63, 3.8) is 0 Å². The van der Waals surface area contributed by atoms with Gasteiger partial charge in [0.05, 0.1) is 22.3 Å². The van der Waals surface area contributed by atoms with E-state index in [-0.39, 0.29) is 16.3 Å². The predicted molar refractivity (Wildman–Crippen MR) is 84.4 cm³/mol. The summed E-state index contributed by atoms with van der Waals surface area (Å²) >= 11 is 1.20. The van der Waals surface area contributed by atoms with Crippen LogP contribution in [0.3, 0.4) is 0 Å². The summed E-state index contributed by atoms with van der Waals surface area (Å²) in [5.74, 6) is 0. The molecule has 0 radical (unpaired) electrons. The number of pyridine rings is 1. The fourth-order valence-corrected chi connectivity index (χ4v) is 2.99. The van der Waals surface area contributed by atoms with Gasteiger partial charge in [-0.25, -0.2) is 4.98 Å². The molecule has 0 saturated carbocycles. The normalized spacial score (nSPS) is 12.0. The van der Waals surface area contributed by atoms with E-state index in [1.165, 1.54) is 23.6 Å². The molecule has 0 aliphatic rings. The number of alkyl halides is 3. The molecule has 0 bridgehead atoms. The van der Waals surface area contributed by atoms with Gasteiger partial charge >= 0.3 is 6.18 Å². The Labute approximate surface area is 133 Å². The molecular weight excluding hydrogens is 327 g/mol. The van der Waals surface area contributed by atoms with Gasteiger partial charge in [-0.2, -0.15) is 13.2 Å². The van der Waals surface area contributed by atoms with E-state index in [0.717, 1.165) is 12.1 Å². The van der Waals surface area contributed by atoms with Crippen molar-refractivity contribution in [2.75, 3.05) is 5.73 Å². The highest BCUT2D eigenvalue weighted by atomic mass is 32.1. The molecule has 0 unspecified atom stereocenters. The minimum absolute atomic E-state index is 0.226. The van der Waals surface area contributed by atoms with Crippen LogP contribution in [0.1, 0.15) is 12.5 Å². The molecule has 0 spiro atoms. The van der Waals surface area contributed by atoms with E-state index in [2.05, 4.69) is 4.98 Å². The standard InChI is InChI=1S/C15H12F3N3OS/c1-2-21-6-10(11-7-23-14(19)20-11)13(22)9-4-3-8(5-12(9)21)15(16,17)18/h3-7H,2H2,1H3,(H2,19,20). The maximum absolute atomic E-state index is 12.9. The van der Waals surface area contributed by atoms with Crippen molar-refractivity contribution >= 4 is 27.4 Å². The molecule has 1 aromatic carbocycles. The summed E-state index contributed by atoms with van der Waals surface area (Å²) in [5, 5.41) is 2.21. The molecule has 4 nitrogen and oxygen atoms in total. The van der Waals surface area contributed by atoms with Gasteiger partial charge in [-0.05, 0) is 25.1 Å². The van der Waals surface area contributed by atoms with Gasteiger partial charge in [-0.15, -0.1) is 11.3 Å². The molecule has 120 valence electrons. The van der Waals surface area contributed by atoms with E-state index in [1.54, 1.807) is 16.9 Å². The summed E-state index contributed by atoms with van der Waals surface area (Å²) in [4.78, 5) is 16.7. The van der Waals surface area contributed by atoms with Crippen LogP contribution in [-0.2, 0) is 12.7 Å². The fraction of sp³-hybridized carbons (Fsp3) is 0.200. The number of anilines is 1. The first-order valence-corrected chi connectivity index (χ1v) is 7.65. The number of benzene rings is 1. The topological polar surface area (TPSA) is 60.9 Å². The zero-order valence-corrected chi connectivity index (χ0v) is 12.8. The number of hydrogen-bond acceptors (Lipinski definition) is 4. The average molecular weight is 339 g/mol. The summed E-state index contributed by atoms with van der Waals surface area (Å²) in [5.41, 5.74) is 5.46. The average Bonchev–Trinajstić information content (AvgIpc) is 2.93. The van der Waals surface area contributed by atoms with Gasteiger partial charge < -0.3 is 10.3 Å². The Bertz CT molecular complexity index is 943. The van der Waals surface area contributed by atoms with E-state index in [4.69, 9.17) is 5.73 Å². The number of aryl methyl sites for hydroxylation is 1. The van der Waals surface area contributed by atoms with Crippen molar-refractivity contribution in [3.05, 3.63) is 45.6 Å². The third-order valence-electron chi connectivity index (χ3n) is 3.55. The number of rotatable bonds is 2. The summed E-state index contributed by atoms with van der Waals surface area (Å²) in [7, 11) is 0. The summed E-state index contributed by atoms with van der Waals surface area (Å²) < 4.78 is 40.3. The van der Waals surface area contributed by atoms with E-state index in [0.29, 0.717) is 22.9 Å². The third kappa shape index (κ3) is 2.70. The van der Waals surface area contributed by atoms with Gasteiger partial charge in [0, 0.05) is 23.5 Å². The lowest BCUT2D eigenvalue weighted by Crippen LogP contribution is -2.13. The third-order valence-corrected chi connectivity index (χ3v) is 4.22. The van der Waals surface area contributed by atoms with Crippen LogP contribution in [0.5, 0.6) is 0 Å². The Kier molecular flexibility index (Phi) is 3.63. The molecule has 0 amide bonds. The SMILES string of the molecule is CCn1cc(-c2csc(N)n2)c(=O)c2ccc(C(F)(F)F)cc21. The van der Waals surface area contributed by atoms with Gasteiger partial charge in [0.15, 0.2) is 10.6 Å². The fourth-order valence-electron chi connectivity index (χ4n) is 2.42. The van der Waals surface area contributed by atoms with Crippen LogP contribution < -0.4 is 11.2 Å². The maximum atomic E-state index is 12.9. The number of hydrogen-bond donors (Lipinski definition) is 1. The van der Waals surface area contributed by atoms with E-state index >= 15 is 0 Å². The first kappa shape index (κ1) is 15.5. The van der Waals surface area contributed by atoms with Crippen molar-refractivity contribution in [1.82, 2.24) is 9.55 Å². The van der Waals surface area contributed by atoms with Crippen molar-refractivity contribution < 1.29 is 13.2 Å². The molecule has 2 heterocycles. The van der Waals surface area contributed by atoms with Gasteiger partial charge in [0.25, 0.3) is 0 Å². The first-order chi connectivity index (χ1) is 10.8. The lowest BCUT2D eigenvalue weighted by Gasteiger charge is -2.13. The number of nitrogens with zero attached hydrogens (tertiary/aromatic N) is 2. The highest BCUT2D eigenvalue weighted by molar-refractivity contribution is 7.13. The Hall–Kier alpha value is -2.35. The number of fused-ring (bicyclic) bond motifs is 1. The molecule has 8 heteroatoms. The molecule has 3 rings (SSSR count). The van der Waals surface area contributed by atoms with E-state index < -0.39 is 11.7 Å². The Morgan fingerprint density at radius 1 is 1.35 bits per heavy atom. The van der Waals surface area contributed by atoms with Crippen LogP contribution in [0.4, 0.5) is 18.3 Å². The second kappa shape index (κ2) is 5.38. The van der Waals surface area contributed by atoms with Gasteiger partial charge in [0.2, 0.25) is 0 Å². The monoisotopic (exact) mass is 339 g/mol. The van der Waals surface area contributed by atoms with Crippen LogP contribution in [0.15, 0.2) is 34.6 Å². The molecule has 0 saturated heterocycles. The van der Waals surface area contributed by atoms with Crippen LogP contribution in [0.25, 0.3) is 22.2 Å². The van der Waals surface area contributed by atoms with E-state index in [1.807, 2.05) is 0 Å². The smallest absolute Gasteiger partial charge is 0.375 e. The summed E-state index contributed by atoms with van der Waals surface area (Å²) in [6.07, 6.45) is -2.93. The van der Waals surface area contributed by atoms with Crippen LogP contribution in [-0.4, -0.2) is 9.55 Å². The number of halogens is 3. The lowest BCUT2D eigenvalue weighted by atomic mass is 10.1. The number of nitrogens with two attached hydrogens (primary N) is 1. The summed E-state index contributed by atoms with van der Waals surface area (Å²) in [6.45, 7) is 2.22. The largest absolute Gasteiger partial charge is 0.416 e. The summed E-state index contributed by atoms with van der Waals surface area (Å²) in [6, 6.07) is 3.13. The Balaban J connectivity index is 2.32. The van der Waals surface area contributed by atoms with Crippen molar-refractivity contribution in [1.29, 1.82) is 0 Å². The zero-order valence-electron chi connectivity index (χ0n) is 12.0. The van der Waals surface area contributed by atoms with E-state index in [9.17, 15) is 18.0 Å². The first-order valence-electron chi connectivity index (χ1n) is 6.77. The molecule has 0 fully saturated rings. The quantitative estimate of drug-likeness (QED) is 0.773. The molecule has 0 atom stereocenters. The minimum Gasteiger partial charge on any atom is -0.375 e. The number of aromatic nitrogens is 2. The molecule has 23 heavy (non-hydrogen) atoms. The molecule has 3 aromatic rings. The number of nitrogen functional groups attached to an aromatic ring is 1. The Morgan fingerprint density at radius 3 is 2.65 bits per heavy atom. The molecule has 0 aliphatic heterocycles. The highest BCUT2D eigenvalue weighted by Gasteiger charge is 2.31. The van der Waals surface area contributed by atoms with Crippen molar-refractivity contribution in [3.8, 4) is 11.3 Å². The Morgan fingerprint density at radius 2 is 2.09 bits per heavy atom. The van der Waals surface area contributed by atoms with Crippen molar-refractivity contribution in [2.24, 2.45) is 0 Å². The van der Waals surface area contributed by atoms with Gasteiger partial charge in [-0.3, -0.25) is 4.79 Å². The predicted octanol–water partition coefficient (Wildman–Crippen LogP) is 3.75. The molecule has 2 aromatic heterocycles. The molecule has 2 N–H and O–H groups in total. The van der Waals surface area contributed by atoms with Crippen molar-refractivity contribution in [2.45, 2.75) is 19.6 Å². The highest BCUT2D eigenvalue weighted by Crippen LogP contribution is 2.31. The minimum atomic E-state index is -4.45.